The summed E-state index contributed by atoms with van der Waals surface area (Å²) >= 11 is 0. The maximum absolute atomic E-state index is 11.5. The normalized spacial score (nSPS) is 10.6. The number of ether oxygens (including phenoxy) is 1. The molecule has 0 aliphatic rings. The molecule has 2 aromatic heterocycles. The summed E-state index contributed by atoms with van der Waals surface area (Å²) in [5.74, 6) is 0.680. The van der Waals surface area contributed by atoms with E-state index < -0.39 is 5.91 Å². The van der Waals surface area contributed by atoms with E-state index in [1.807, 2.05) is 30.3 Å². The van der Waals surface area contributed by atoms with E-state index in [2.05, 4.69) is 15.1 Å². The highest BCUT2D eigenvalue weighted by atomic mass is 16.5. The summed E-state index contributed by atoms with van der Waals surface area (Å²) in [5, 5.41) is 4.26. The number of primary amides is 1. The number of carbonyl (C=O) groups excluding carboxylic acids is 1. The summed E-state index contributed by atoms with van der Waals surface area (Å²) in [6, 6.07) is 11.0. The molecular weight excluding hydrogens is 308 g/mol. The molecule has 8 heteroatoms. The van der Waals surface area contributed by atoms with Crippen molar-refractivity contribution in [1.29, 1.82) is 0 Å². The number of nitrogen functional groups attached to an aromatic ring is 1. The lowest BCUT2D eigenvalue weighted by molar-refractivity contribution is 0.100. The molecule has 0 atom stereocenters. The number of anilines is 1. The minimum Gasteiger partial charge on any atom is -0.481 e. The lowest BCUT2D eigenvalue weighted by atomic mass is 10.2. The average molecular weight is 324 g/mol. The summed E-state index contributed by atoms with van der Waals surface area (Å²) in [6.45, 7) is 1.66. The van der Waals surface area contributed by atoms with Crippen molar-refractivity contribution in [3.63, 3.8) is 0 Å². The molecule has 0 radical (unpaired) electrons. The van der Waals surface area contributed by atoms with Crippen LogP contribution in [-0.4, -0.2) is 32.8 Å². The summed E-state index contributed by atoms with van der Waals surface area (Å²) in [7, 11) is 1.51. The van der Waals surface area contributed by atoms with Crippen LogP contribution in [0.2, 0.25) is 0 Å². The van der Waals surface area contributed by atoms with Crippen molar-refractivity contribution in [3.8, 4) is 23.1 Å². The number of rotatable bonds is 4. The standard InChI is InChI=1S/C16H16N6O2/c1-9-13(15(18)23)14(17)22(21-9)11-8-12(24-2)20-16(19-11)10-6-4-3-5-7-10/h3-8H,17H2,1-2H3,(H2,18,23). The van der Waals surface area contributed by atoms with Crippen LogP contribution in [0.4, 0.5) is 5.82 Å². The van der Waals surface area contributed by atoms with Crippen LogP contribution in [0, 0.1) is 6.92 Å². The molecule has 0 saturated carbocycles. The summed E-state index contributed by atoms with van der Waals surface area (Å²) < 4.78 is 6.59. The Morgan fingerprint density at radius 2 is 1.92 bits per heavy atom. The molecule has 8 nitrogen and oxygen atoms in total. The van der Waals surface area contributed by atoms with E-state index >= 15 is 0 Å². The second-order valence-electron chi connectivity index (χ2n) is 5.08. The number of hydrogen-bond acceptors (Lipinski definition) is 6. The minimum absolute atomic E-state index is 0.125. The molecule has 1 amide bonds. The van der Waals surface area contributed by atoms with Crippen LogP contribution in [0.15, 0.2) is 36.4 Å². The van der Waals surface area contributed by atoms with Gasteiger partial charge in [-0.3, -0.25) is 4.79 Å². The number of nitrogens with zero attached hydrogens (tertiary/aromatic N) is 4. The SMILES string of the molecule is COc1cc(-n2nc(C)c(C(N)=O)c2N)nc(-c2ccccc2)n1. The third-order valence-electron chi connectivity index (χ3n) is 3.49. The number of amides is 1. The molecule has 0 aliphatic heterocycles. The van der Waals surface area contributed by atoms with Gasteiger partial charge in [-0.1, -0.05) is 30.3 Å². The zero-order valence-corrected chi connectivity index (χ0v) is 13.2. The topological polar surface area (TPSA) is 122 Å². The fourth-order valence-corrected chi connectivity index (χ4v) is 2.37. The molecule has 3 aromatic rings. The second-order valence-corrected chi connectivity index (χ2v) is 5.08. The highest BCUT2D eigenvalue weighted by Crippen LogP contribution is 2.24. The molecule has 0 saturated heterocycles. The van der Waals surface area contributed by atoms with Crippen LogP contribution in [-0.2, 0) is 0 Å². The van der Waals surface area contributed by atoms with Gasteiger partial charge in [0.2, 0.25) is 5.88 Å². The predicted octanol–water partition coefficient (Wildman–Crippen LogP) is 1.33. The number of benzene rings is 1. The van der Waals surface area contributed by atoms with Gasteiger partial charge in [0.25, 0.3) is 5.91 Å². The van der Waals surface area contributed by atoms with E-state index in [0.717, 1.165) is 5.56 Å². The highest BCUT2D eigenvalue weighted by Gasteiger charge is 2.20. The molecule has 0 fully saturated rings. The Labute approximate surface area is 138 Å². The zero-order chi connectivity index (χ0) is 17.3. The summed E-state index contributed by atoms with van der Waals surface area (Å²) in [4.78, 5) is 20.3. The molecule has 0 unspecified atom stereocenters. The first-order valence-electron chi connectivity index (χ1n) is 7.15. The Hall–Kier alpha value is -3.42. The van der Waals surface area contributed by atoms with Crippen molar-refractivity contribution in [2.75, 3.05) is 12.8 Å². The number of methoxy groups -OCH3 is 1. The van der Waals surface area contributed by atoms with Gasteiger partial charge in [-0.25, -0.2) is 4.98 Å². The van der Waals surface area contributed by atoms with Crippen molar-refractivity contribution in [2.24, 2.45) is 5.73 Å². The Morgan fingerprint density at radius 3 is 2.50 bits per heavy atom. The first-order chi connectivity index (χ1) is 11.5. The molecule has 0 spiro atoms. The molecule has 4 N–H and O–H groups in total. The van der Waals surface area contributed by atoms with Crippen molar-refractivity contribution in [2.45, 2.75) is 6.92 Å². The van der Waals surface area contributed by atoms with Gasteiger partial charge in [0, 0.05) is 11.6 Å². The smallest absolute Gasteiger partial charge is 0.254 e. The molecule has 24 heavy (non-hydrogen) atoms. The number of nitrogens with two attached hydrogens (primary N) is 2. The van der Waals surface area contributed by atoms with E-state index in [9.17, 15) is 4.79 Å². The summed E-state index contributed by atoms with van der Waals surface area (Å²) in [6.07, 6.45) is 0. The molecule has 3 rings (SSSR count). The quantitative estimate of drug-likeness (QED) is 0.746. The first-order valence-corrected chi connectivity index (χ1v) is 7.15. The van der Waals surface area contributed by atoms with E-state index in [-0.39, 0.29) is 11.4 Å². The Balaban J connectivity index is 2.19. The number of aryl methyl sites for hydroxylation is 1. The van der Waals surface area contributed by atoms with Gasteiger partial charge in [-0.15, -0.1) is 0 Å². The monoisotopic (exact) mass is 324 g/mol. The lowest BCUT2D eigenvalue weighted by Gasteiger charge is -2.08. The van der Waals surface area contributed by atoms with Crippen LogP contribution in [0.25, 0.3) is 17.2 Å². The Kier molecular flexibility index (Phi) is 3.87. The molecule has 0 bridgehead atoms. The maximum Gasteiger partial charge on any atom is 0.254 e. The van der Waals surface area contributed by atoms with Crippen LogP contribution < -0.4 is 16.2 Å². The van der Waals surface area contributed by atoms with E-state index in [0.29, 0.717) is 23.2 Å². The third kappa shape index (κ3) is 2.65. The summed E-state index contributed by atoms with van der Waals surface area (Å²) in [5.41, 5.74) is 12.8. The van der Waals surface area contributed by atoms with Crippen LogP contribution in [0.5, 0.6) is 5.88 Å². The maximum atomic E-state index is 11.5. The molecule has 1 aromatic carbocycles. The fraction of sp³-hybridized carbons (Fsp3) is 0.125. The zero-order valence-electron chi connectivity index (χ0n) is 13.2. The van der Waals surface area contributed by atoms with Crippen LogP contribution in [0.1, 0.15) is 16.1 Å². The van der Waals surface area contributed by atoms with Gasteiger partial charge in [0.1, 0.15) is 11.4 Å². The van der Waals surface area contributed by atoms with Gasteiger partial charge >= 0.3 is 0 Å². The highest BCUT2D eigenvalue weighted by molar-refractivity contribution is 5.98. The van der Waals surface area contributed by atoms with E-state index in [1.54, 1.807) is 13.0 Å². The second kappa shape index (κ2) is 5.99. The number of hydrogen-bond donors (Lipinski definition) is 2. The number of carbonyl (C=O) groups is 1. The molecule has 0 aliphatic carbocycles. The van der Waals surface area contributed by atoms with Crippen molar-refractivity contribution in [1.82, 2.24) is 19.7 Å². The first kappa shape index (κ1) is 15.5. The van der Waals surface area contributed by atoms with Crippen LogP contribution >= 0.6 is 0 Å². The van der Waals surface area contributed by atoms with Gasteiger partial charge in [-0.05, 0) is 6.92 Å². The third-order valence-corrected chi connectivity index (χ3v) is 3.49. The predicted molar refractivity (Wildman–Crippen MR) is 88.8 cm³/mol. The van der Waals surface area contributed by atoms with Gasteiger partial charge in [0.15, 0.2) is 11.6 Å². The van der Waals surface area contributed by atoms with Gasteiger partial charge in [-0.2, -0.15) is 14.8 Å². The van der Waals surface area contributed by atoms with Crippen molar-refractivity contribution >= 4 is 11.7 Å². The Bertz CT molecular complexity index is 904. The van der Waals surface area contributed by atoms with Gasteiger partial charge < -0.3 is 16.2 Å². The minimum atomic E-state index is -0.638. The van der Waals surface area contributed by atoms with E-state index in [1.165, 1.54) is 11.8 Å². The van der Waals surface area contributed by atoms with Crippen LogP contribution in [0.3, 0.4) is 0 Å². The molecular formula is C16H16N6O2. The molecule has 2 heterocycles. The Morgan fingerprint density at radius 1 is 1.21 bits per heavy atom. The van der Waals surface area contributed by atoms with Gasteiger partial charge in [0.05, 0.1) is 12.8 Å². The lowest BCUT2D eigenvalue weighted by Crippen LogP contribution is -2.14. The molecule has 122 valence electrons. The largest absolute Gasteiger partial charge is 0.481 e. The van der Waals surface area contributed by atoms with Crippen molar-refractivity contribution < 1.29 is 9.53 Å². The number of aromatic nitrogens is 4. The average Bonchev–Trinajstić information content (AvgIpc) is 2.89. The van der Waals surface area contributed by atoms with Crippen molar-refractivity contribution in [3.05, 3.63) is 47.7 Å². The van der Waals surface area contributed by atoms with E-state index in [4.69, 9.17) is 16.2 Å². The fourth-order valence-electron chi connectivity index (χ4n) is 2.37.